The number of aliphatic hydroxyl groups excluding tert-OH is 1. The first-order valence-corrected chi connectivity index (χ1v) is 4.72. The zero-order valence-corrected chi connectivity index (χ0v) is 6.92. The van der Waals surface area contributed by atoms with Gasteiger partial charge in [0.25, 0.3) is 0 Å². The van der Waals surface area contributed by atoms with E-state index in [1.54, 1.807) is 0 Å². The van der Waals surface area contributed by atoms with Crippen molar-refractivity contribution in [1.29, 1.82) is 0 Å². The zero-order chi connectivity index (χ0) is 9.19. The number of ether oxygens (including phenoxy) is 1. The molecule has 2 atom stereocenters. The summed E-state index contributed by atoms with van der Waals surface area (Å²) in [5.41, 5.74) is 0. The molecule has 7 heteroatoms. The van der Waals surface area contributed by atoms with Crippen molar-refractivity contribution in [2.45, 2.75) is 12.4 Å². The summed E-state index contributed by atoms with van der Waals surface area (Å²) in [5.74, 6) is 0. The molecule has 0 unspecified atom stereocenters. The maximum Gasteiger partial charge on any atom is 0.469 e. The molecule has 1 aliphatic rings. The van der Waals surface area contributed by atoms with E-state index in [1.807, 2.05) is 0 Å². The fourth-order valence-corrected chi connectivity index (χ4v) is 1.10. The van der Waals surface area contributed by atoms with Gasteiger partial charge < -0.3 is 19.6 Å². The van der Waals surface area contributed by atoms with Crippen LogP contribution in [0.25, 0.3) is 0 Å². The third-order valence-corrected chi connectivity index (χ3v) is 1.70. The second-order valence-electron chi connectivity index (χ2n) is 2.24. The molecule has 0 saturated carbocycles. The normalized spacial score (nSPS) is 29.6. The minimum atomic E-state index is -4.43. The van der Waals surface area contributed by atoms with Gasteiger partial charge in [-0.2, -0.15) is 0 Å². The Bertz CT molecular complexity index is 220. The van der Waals surface area contributed by atoms with Crippen molar-refractivity contribution in [1.82, 2.24) is 0 Å². The Hall–Kier alpha value is -0.230. The number of hydrogen-bond donors (Lipinski definition) is 3. The Morgan fingerprint density at radius 3 is 2.58 bits per heavy atom. The molecule has 12 heavy (non-hydrogen) atoms. The van der Waals surface area contributed by atoms with Crippen molar-refractivity contribution in [3.05, 3.63) is 12.2 Å². The lowest BCUT2D eigenvalue weighted by molar-refractivity contribution is -0.0850. The molecule has 0 spiro atoms. The van der Waals surface area contributed by atoms with Crippen LogP contribution < -0.4 is 0 Å². The fraction of sp³-hybridized carbons (Fsp3) is 0.600. The van der Waals surface area contributed by atoms with Crippen LogP contribution >= 0.6 is 7.82 Å². The van der Waals surface area contributed by atoms with E-state index in [9.17, 15) is 4.57 Å². The first-order valence-electron chi connectivity index (χ1n) is 3.19. The lowest BCUT2D eigenvalue weighted by Crippen LogP contribution is -2.16. The maximum atomic E-state index is 10.2. The second-order valence-corrected chi connectivity index (χ2v) is 3.48. The Kier molecular flexibility index (Phi) is 3.00. The van der Waals surface area contributed by atoms with Gasteiger partial charge in [-0.25, -0.2) is 4.57 Å². The third kappa shape index (κ3) is 3.44. The van der Waals surface area contributed by atoms with Gasteiger partial charge in [-0.05, 0) is 6.08 Å². The second kappa shape index (κ2) is 3.66. The van der Waals surface area contributed by atoms with Crippen molar-refractivity contribution in [3.63, 3.8) is 0 Å². The van der Waals surface area contributed by atoms with E-state index in [0.29, 0.717) is 0 Å². The highest BCUT2D eigenvalue weighted by Gasteiger charge is 2.21. The molecule has 0 bridgehead atoms. The number of aliphatic hydroxyl groups is 1. The van der Waals surface area contributed by atoms with E-state index in [0.717, 1.165) is 0 Å². The van der Waals surface area contributed by atoms with Crippen LogP contribution in [0.2, 0.25) is 0 Å². The summed E-state index contributed by atoms with van der Waals surface area (Å²) in [6.07, 6.45) is 1.25. The van der Waals surface area contributed by atoms with Crippen LogP contribution in [0.4, 0.5) is 0 Å². The largest absolute Gasteiger partial charge is 0.469 e. The SMILES string of the molecule is O=P(O)(O)OC[C@@H]1C=C[C@@H](O)O1. The molecular weight excluding hydrogens is 187 g/mol. The predicted molar refractivity (Wildman–Crippen MR) is 38.0 cm³/mol. The summed E-state index contributed by atoms with van der Waals surface area (Å²) >= 11 is 0. The Labute approximate surface area is 68.7 Å². The van der Waals surface area contributed by atoms with E-state index in [-0.39, 0.29) is 6.61 Å². The van der Waals surface area contributed by atoms with E-state index in [2.05, 4.69) is 4.52 Å². The molecule has 0 amide bonds. The standard InChI is InChI=1S/C5H9O6P/c6-5-2-1-4(11-5)3-10-12(7,8)9/h1-2,4-6H,3H2,(H2,7,8,9)/t4-,5-/m0/s1. The van der Waals surface area contributed by atoms with Gasteiger partial charge in [-0.15, -0.1) is 0 Å². The zero-order valence-electron chi connectivity index (χ0n) is 6.03. The van der Waals surface area contributed by atoms with E-state index < -0.39 is 20.2 Å². The molecule has 0 aromatic rings. The van der Waals surface area contributed by atoms with E-state index >= 15 is 0 Å². The van der Waals surface area contributed by atoms with Crippen molar-refractivity contribution >= 4 is 7.82 Å². The van der Waals surface area contributed by atoms with Crippen LogP contribution in [0.3, 0.4) is 0 Å². The Morgan fingerprint density at radius 2 is 2.17 bits per heavy atom. The molecule has 0 aliphatic carbocycles. The summed E-state index contributed by atoms with van der Waals surface area (Å²) in [6, 6.07) is 0. The van der Waals surface area contributed by atoms with Gasteiger partial charge in [-0.3, -0.25) is 4.52 Å². The summed E-state index contributed by atoms with van der Waals surface area (Å²) < 4.78 is 19.1. The first-order chi connectivity index (χ1) is 5.47. The van der Waals surface area contributed by atoms with Gasteiger partial charge in [0.1, 0.15) is 6.10 Å². The maximum absolute atomic E-state index is 10.2. The number of rotatable bonds is 3. The molecule has 1 aliphatic heterocycles. The molecular formula is C5H9O6P. The molecule has 0 aromatic carbocycles. The van der Waals surface area contributed by atoms with Crippen molar-refractivity contribution < 1.29 is 28.7 Å². The Morgan fingerprint density at radius 1 is 1.50 bits per heavy atom. The van der Waals surface area contributed by atoms with Crippen LogP contribution in [0.15, 0.2) is 12.2 Å². The molecule has 0 aromatic heterocycles. The highest BCUT2D eigenvalue weighted by Crippen LogP contribution is 2.36. The minimum Gasteiger partial charge on any atom is -0.365 e. The van der Waals surface area contributed by atoms with Crippen LogP contribution in [-0.4, -0.2) is 33.9 Å². The number of phosphoric acid groups is 1. The monoisotopic (exact) mass is 196 g/mol. The number of phosphoric ester groups is 1. The lowest BCUT2D eigenvalue weighted by atomic mass is 10.4. The van der Waals surface area contributed by atoms with Gasteiger partial charge in [-0.1, -0.05) is 6.08 Å². The third-order valence-electron chi connectivity index (χ3n) is 1.21. The van der Waals surface area contributed by atoms with Gasteiger partial charge in [0.2, 0.25) is 0 Å². The molecule has 0 radical (unpaired) electrons. The van der Waals surface area contributed by atoms with Crippen molar-refractivity contribution in [3.8, 4) is 0 Å². The molecule has 0 saturated heterocycles. The van der Waals surface area contributed by atoms with Gasteiger partial charge >= 0.3 is 7.82 Å². The average molecular weight is 196 g/mol. The number of hydrogen-bond acceptors (Lipinski definition) is 4. The molecule has 3 N–H and O–H groups in total. The minimum absolute atomic E-state index is 0.266. The van der Waals surface area contributed by atoms with Crippen LogP contribution in [0.5, 0.6) is 0 Å². The lowest BCUT2D eigenvalue weighted by Gasteiger charge is -2.10. The topological polar surface area (TPSA) is 96.2 Å². The van der Waals surface area contributed by atoms with Crippen LogP contribution in [-0.2, 0) is 13.8 Å². The van der Waals surface area contributed by atoms with Gasteiger partial charge in [0.15, 0.2) is 6.29 Å². The highest BCUT2D eigenvalue weighted by molar-refractivity contribution is 7.46. The van der Waals surface area contributed by atoms with Crippen LogP contribution in [0, 0.1) is 0 Å². The predicted octanol–water partition coefficient (Wildman–Crippen LogP) is -0.631. The molecule has 1 rings (SSSR count). The first kappa shape index (κ1) is 9.85. The fourth-order valence-electron chi connectivity index (χ4n) is 0.754. The van der Waals surface area contributed by atoms with E-state index in [4.69, 9.17) is 19.6 Å². The molecule has 70 valence electrons. The molecule has 6 nitrogen and oxygen atoms in total. The molecule has 0 fully saturated rings. The summed E-state index contributed by atoms with van der Waals surface area (Å²) in [6.45, 7) is -0.266. The van der Waals surface area contributed by atoms with Crippen molar-refractivity contribution in [2.24, 2.45) is 0 Å². The van der Waals surface area contributed by atoms with Gasteiger partial charge in [0, 0.05) is 0 Å². The average Bonchev–Trinajstić information content (AvgIpc) is 2.30. The van der Waals surface area contributed by atoms with Gasteiger partial charge in [0.05, 0.1) is 6.61 Å². The Balaban J connectivity index is 2.26. The summed E-state index contributed by atoms with van der Waals surface area (Å²) in [5, 5.41) is 8.77. The van der Waals surface area contributed by atoms with Crippen LogP contribution in [0.1, 0.15) is 0 Å². The quantitative estimate of drug-likeness (QED) is 0.410. The van der Waals surface area contributed by atoms with E-state index in [1.165, 1.54) is 12.2 Å². The smallest absolute Gasteiger partial charge is 0.365 e. The summed E-state index contributed by atoms with van der Waals surface area (Å²) in [7, 11) is -4.43. The highest BCUT2D eigenvalue weighted by atomic mass is 31.2. The summed E-state index contributed by atoms with van der Waals surface area (Å²) in [4.78, 5) is 16.6. The molecule has 1 heterocycles. The van der Waals surface area contributed by atoms with Crippen molar-refractivity contribution in [2.75, 3.05) is 6.61 Å².